The van der Waals surface area contributed by atoms with Crippen molar-refractivity contribution in [1.29, 1.82) is 0 Å². The summed E-state index contributed by atoms with van der Waals surface area (Å²) in [5.41, 5.74) is 1.91. The molecule has 1 aromatic heterocycles. The van der Waals surface area contributed by atoms with E-state index in [-0.39, 0.29) is 6.79 Å². The first-order valence-corrected chi connectivity index (χ1v) is 8.62. The van der Waals surface area contributed by atoms with Crippen LogP contribution in [0.4, 0.5) is 17.5 Å². The van der Waals surface area contributed by atoms with Crippen molar-refractivity contribution in [2.75, 3.05) is 24.0 Å². The van der Waals surface area contributed by atoms with Crippen molar-refractivity contribution in [1.82, 2.24) is 15.2 Å². The Balaban J connectivity index is 1.38. The SMILES string of the molecule is CCOc1ccc(Nc2nncc(NCc3ccc4c(c3)OCO4)n2)cc1. The van der Waals surface area contributed by atoms with Crippen molar-refractivity contribution < 1.29 is 14.2 Å². The number of ether oxygens (including phenoxy) is 3. The van der Waals surface area contributed by atoms with E-state index in [4.69, 9.17) is 14.2 Å². The molecule has 2 heterocycles. The Morgan fingerprint density at radius 3 is 2.78 bits per heavy atom. The molecule has 0 amide bonds. The van der Waals surface area contributed by atoms with Crippen LogP contribution in [0.5, 0.6) is 17.2 Å². The Hall–Kier alpha value is -3.55. The second-order valence-electron chi connectivity index (χ2n) is 5.79. The molecule has 2 aromatic carbocycles. The van der Waals surface area contributed by atoms with E-state index in [2.05, 4.69) is 25.8 Å². The minimum absolute atomic E-state index is 0.266. The van der Waals surface area contributed by atoms with E-state index >= 15 is 0 Å². The first-order chi connectivity index (χ1) is 13.3. The summed E-state index contributed by atoms with van der Waals surface area (Å²) in [4.78, 5) is 4.43. The molecule has 4 rings (SSSR count). The molecular formula is C19H19N5O3. The number of hydrogen-bond acceptors (Lipinski definition) is 8. The van der Waals surface area contributed by atoms with E-state index in [1.54, 1.807) is 6.20 Å². The molecule has 0 aliphatic carbocycles. The zero-order chi connectivity index (χ0) is 18.5. The Bertz CT molecular complexity index is 917. The molecule has 3 aromatic rings. The van der Waals surface area contributed by atoms with E-state index in [0.717, 1.165) is 28.5 Å². The minimum atomic E-state index is 0.266. The van der Waals surface area contributed by atoms with Crippen LogP contribution in [-0.2, 0) is 6.54 Å². The van der Waals surface area contributed by atoms with Crippen molar-refractivity contribution in [2.24, 2.45) is 0 Å². The summed E-state index contributed by atoms with van der Waals surface area (Å²) in [6, 6.07) is 13.4. The Kier molecular flexibility index (Phi) is 4.86. The zero-order valence-electron chi connectivity index (χ0n) is 14.8. The topological polar surface area (TPSA) is 90.4 Å². The predicted molar refractivity (Wildman–Crippen MR) is 101 cm³/mol. The van der Waals surface area contributed by atoms with Crippen LogP contribution in [-0.4, -0.2) is 28.6 Å². The maximum absolute atomic E-state index is 5.43. The summed E-state index contributed by atoms with van der Waals surface area (Å²) >= 11 is 0. The highest BCUT2D eigenvalue weighted by atomic mass is 16.7. The van der Waals surface area contributed by atoms with Gasteiger partial charge in [0, 0.05) is 12.2 Å². The first-order valence-electron chi connectivity index (χ1n) is 8.62. The third kappa shape index (κ3) is 4.17. The fraction of sp³-hybridized carbons (Fsp3) is 0.211. The lowest BCUT2D eigenvalue weighted by Gasteiger charge is -2.09. The van der Waals surface area contributed by atoms with Gasteiger partial charge in [0.15, 0.2) is 17.3 Å². The molecular weight excluding hydrogens is 346 g/mol. The summed E-state index contributed by atoms with van der Waals surface area (Å²) in [5.74, 6) is 3.38. The van der Waals surface area contributed by atoms with Gasteiger partial charge in [-0.2, -0.15) is 10.1 Å². The van der Waals surface area contributed by atoms with Gasteiger partial charge in [-0.25, -0.2) is 0 Å². The molecule has 0 saturated heterocycles. The first kappa shape index (κ1) is 16.9. The van der Waals surface area contributed by atoms with Crippen LogP contribution in [0.2, 0.25) is 0 Å². The van der Waals surface area contributed by atoms with E-state index < -0.39 is 0 Å². The molecule has 0 fully saturated rings. The van der Waals surface area contributed by atoms with Crippen LogP contribution in [0.15, 0.2) is 48.7 Å². The van der Waals surface area contributed by atoms with Crippen LogP contribution < -0.4 is 24.8 Å². The summed E-state index contributed by atoms with van der Waals surface area (Å²) < 4.78 is 16.1. The molecule has 0 spiro atoms. The number of aromatic nitrogens is 3. The highest BCUT2D eigenvalue weighted by Crippen LogP contribution is 2.32. The molecule has 2 N–H and O–H groups in total. The third-order valence-electron chi connectivity index (χ3n) is 3.89. The Morgan fingerprint density at radius 1 is 1.07 bits per heavy atom. The number of benzene rings is 2. The lowest BCUT2D eigenvalue weighted by Crippen LogP contribution is -2.05. The number of hydrogen-bond donors (Lipinski definition) is 2. The molecule has 0 unspecified atom stereocenters. The fourth-order valence-electron chi connectivity index (χ4n) is 2.62. The highest BCUT2D eigenvalue weighted by Gasteiger charge is 2.13. The number of fused-ring (bicyclic) bond motifs is 1. The van der Waals surface area contributed by atoms with Gasteiger partial charge < -0.3 is 24.8 Å². The molecule has 138 valence electrons. The lowest BCUT2D eigenvalue weighted by atomic mass is 10.2. The van der Waals surface area contributed by atoms with Crippen LogP contribution >= 0.6 is 0 Å². The minimum Gasteiger partial charge on any atom is -0.494 e. The molecule has 27 heavy (non-hydrogen) atoms. The highest BCUT2D eigenvalue weighted by molar-refractivity contribution is 5.55. The molecule has 0 atom stereocenters. The number of nitrogens with zero attached hydrogens (tertiary/aromatic N) is 3. The normalized spacial score (nSPS) is 11.9. The second-order valence-corrected chi connectivity index (χ2v) is 5.79. The van der Waals surface area contributed by atoms with Gasteiger partial charge in [-0.3, -0.25) is 0 Å². The smallest absolute Gasteiger partial charge is 0.249 e. The maximum Gasteiger partial charge on any atom is 0.249 e. The van der Waals surface area contributed by atoms with Gasteiger partial charge in [0.2, 0.25) is 12.7 Å². The van der Waals surface area contributed by atoms with Crippen LogP contribution in [0.3, 0.4) is 0 Å². The van der Waals surface area contributed by atoms with E-state index in [9.17, 15) is 0 Å². The Morgan fingerprint density at radius 2 is 1.93 bits per heavy atom. The molecule has 1 aliphatic rings. The lowest BCUT2D eigenvalue weighted by molar-refractivity contribution is 0.174. The van der Waals surface area contributed by atoms with E-state index in [0.29, 0.717) is 24.9 Å². The fourth-order valence-corrected chi connectivity index (χ4v) is 2.62. The summed E-state index contributed by atoms with van der Waals surface area (Å²) in [6.45, 7) is 3.44. The monoisotopic (exact) mass is 365 g/mol. The van der Waals surface area contributed by atoms with Gasteiger partial charge >= 0.3 is 0 Å². The molecule has 1 aliphatic heterocycles. The Labute approximate surface area is 156 Å². The molecule has 0 radical (unpaired) electrons. The quantitative estimate of drug-likeness (QED) is 0.659. The van der Waals surface area contributed by atoms with Crippen molar-refractivity contribution >= 4 is 17.5 Å². The van der Waals surface area contributed by atoms with Crippen molar-refractivity contribution in [2.45, 2.75) is 13.5 Å². The van der Waals surface area contributed by atoms with E-state index in [1.807, 2.05) is 49.4 Å². The summed E-state index contributed by atoms with van der Waals surface area (Å²) in [6.07, 6.45) is 1.58. The zero-order valence-corrected chi connectivity index (χ0v) is 14.8. The molecule has 8 heteroatoms. The standard InChI is InChI=1S/C19H19N5O3/c1-2-25-15-6-4-14(5-7-15)22-19-23-18(11-21-24-19)20-10-13-3-8-16-17(9-13)27-12-26-16/h3-9,11H,2,10,12H2,1H3,(H2,20,22,23,24). The molecule has 0 saturated carbocycles. The second kappa shape index (κ2) is 7.77. The van der Waals surface area contributed by atoms with Gasteiger partial charge in [0.25, 0.3) is 0 Å². The average molecular weight is 365 g/mol. The summed E-state index contributed by atoms with van der Waals surface area (Å²) in [5, 5.41) is 14.4. The largest absolute Gasteiger partial charge is 0.494 e. The van der Waals surface area contributed by atoms with Gasteiger partial charge in [-0.05, 0) is 48.9 Å². The van der Waals surface area contributed by atoms with Crippen molar-refractivity contribution in [3.8, 4) is 17.2 Å². The van der Waals surface area contributed by atoms with Crippen molar-refractivity contribution in [3.63, 3.8) is 0 Å². The average Bonchev–Trinajstić information content (AvgIpc) is 3.16. The van der Waals surface area contributed by atoms with Gasteiger partial charge in [-0.1, -0.05) is 6.07 Å². The molecule has 8 nitrogen and oxygen atoms in total. The number of nitrogens with one attached hydrogen (secondary N) is 2. The van der Waals surface area contributed by atoms with Gasteiger partial charge in [0.05, 0.1) is 12.8 Å². The van der Waals surface area contributed by atoms with E-state index in [1.165, 1.54) is 0 Å². The van der Waals surface area contributed by atoms with Crippen LogP contribution in [0.1, 0.15) is 12.5 Å². The number of rotatable bonds is 7. The predicted octanol–water partition coefficient (Wildman–Crippen LogP) is 3.35. The number of anilines is 3. The maximum atomic E-state index is 5.43. The molecule has 0 bridgehead atoms. The van der Waals surface area contributed by atoms with Gasteiger partial charge in [-0.15, -0.1) is 5.10 Å². The third-order valence-corrected chi connectivity index (χ3v) is 3.89. The van der Waals surface area contributed by atoms with Crippen LogP contribution in [0.25, 0.3) is 0 Å². The van der Waals surface area contributed by atoms with Gasteiger partial charge in [0.1, 0.15) is 5.75 Å². The summed E-state index contributed by atoms with van der Waals surface area (Å²) in [7, 11) is 0. The van der Waals surface area contributed by atoms with Crippen LogP contribution in [0, 0.1) is 0 Å². The van der Waals surface area contributed by atoms with Crippen molar-refractivity contribution in [3.05, 3.63) is 54.2 Å².